The van der Waals surface area contributed by atoms with E-state index in [1.165, 1.54) is 0 Å². The van der Waals surface area contributed by atoms with Gasteiger partial charge in [0.05, 0.1) is 18.1 Å². The van der Waals surface area contributed by atoms with Gasteiger partial charge in [0.25, 0.3) is 0 Å². The van der Waals surface area contributed by atoms with Crippen LogP contribution in [0.3, 0.4) is 0 Å². The van der Waals surface area contributed by atoms with Gasteiger partial charge in [-0.3, -0.25) is 33.7 Å². The van der Waals surface area contributed by atoms with Crippen molar-refractivity contribution in [1.29, 1.82) is 0 Å². The number of carbonyl (C=O) groups is 6. The summed E-state index contributed by atoms with van der Waals surface area (Å²) in [5.74, 6) is -1.62. The van der Waals surface area contributed by atoms with E-state index in [-0.39, 0.29) is 46.4 Å². The van der Waals surface area contributed by atoms with E-state index in [0.29, 0.717) is 31.6 Å². The first-order valence-corrected chi connectivity index (χ1v) is 19.2. The molecule has 3 N–H and O–H groups in total. The highest BCUT2D eigenvalue weighted by Crippen LogP contribution is 2.88. The minimum atomic E-state index is -0.891. The number of carbonyl (C=O) groups excluding carboxylic acids is 6. The van der Waals surface area contributed by atoms with Crippen LogP contribution in [0.4, 0.5) is 0 Å². The maximum Gasteiger partial charge on any atom is 0.243 e. The Morgan fingerprint density at radius 1 is 0.857 bits per heavy atom. The van der Waals surface area contributed by atoms with Gasteiger partial charge < -0.3 is 20.9 Å². The van der Waals surface area contributed by atoms with Gasteiger partial charge in [-0.15, -0.1) is 0 Å². The zero-order chi connectivity index (χ0) is 35.2. The van der Waals surface area contributed by atoms with Crippen molar-refractivity contribution in [2.75, 3.05) is 26.2 Å². The Morgan fingerprint density at radius 3 is 2.08 bits per heavy atom. The van der Waals surface area contributed by atoms with Gasteiger partial charge in [0, 0.05) is 12.0 Å². The monoisotopic (exact) mass is 681 g/mol. The Hall–Kier alpha value is -2.82. The molecule has 0 radical (unpaired) electrons. The fourth-order valence-corrected chi connectivity index (χ4v) is 10.7. The third kappa shape index (κ3) is 6.24. The predicted molar refractivity (Wildman–Crippen MR) is 184 cm³/mol. The fraction of sp³-hybridized carbons (Fsp3) is 0.842. The molecule has 49 heavy (non-hydrogen) atoms. The third-order valence-electron chi connectivity index (χ3n) is 14.6. The number of hydrogen-bond acceptors (Lipinski definition) is 7. The summed E-state index contributed by atoms with van der Waals surface area (Å²) in [6.45, 7) is 10.2. The lowest BCUT2D eigenvalue weighted by atomic mass is 9.73. The van der Waals surface area contributed by atoms with E-state index in [2.05, 4.69) is 34.7 Å². The van der Waals surface area contributed by atoms with Crippen molar-refractivity contribution in [1.82, 2.24) is 25.8 Å². The molecule has 2 aliphatic heterocycles. The Morgan fingerprint density at radius 2 is 1.53 bits per heavy atom. The van der Waals surface area contributed by atoms with Crippen molar-refractivity contribution in [2.45, 2.75) is 148 Å². The van der Waals surface area contributed by atoms with E-state index in [9.17, 15) is 28.8 Å². The first kappa shape index (κ1) is 36.0. The molecule has 6 aliphatic rings. The molecule has 2 heterocycles. The van der Waals surface area contributed by atoms with Crippen LogP contribution < -0.4 is 16.0 Å². The van der Waals surface area contributed by atoms with Crippen molar-refractivity contribution in [3.05, 3.63) is 0 Å². The molecule has 4 aliphatic carbocycles. The second-order valence-electron chi connectivity index (χ2n) is 17.3. The normalized spacial score (nSPS) is 29.1. The molecule has 2 spiro atoms. The number of likely N-dealkylation sites (tertiary alicyclic amines) is 2. The number of nitrogens with one attached hydrogen (secondary N) is 3. The van der Waals surface area contributed by atoms with Crippen molar-refractivity contribution in [2.24, 2.45) is 28.1 Å². The molecule has 1 unspecified atom stereocenters. The van der Waals surface area contributed by atoms with Gasteiger partial charge in [0.2, 0.25) is 29.4 Å². The quantitative estimate of drug-likeness (QED) is 0.200. The van der Waals surface area contributed by atoms with Crippen molar-refractivity contribution in [3.63, 3.8) is 0 Å². The maximum atomic E-state index is 14.1. The number of amides is 4. The zero-order valence-corrected chi connectivity index (χ0v) is 30.2. The summed E-state index contributed by atoms with van der Waals surface area (Å²) in [5.41, 5.74) is -0.922. The Balaban J connectivity index is 1.16. The van der Waals surface area contributed by atoms with Gasteiger partial charge in [-0.05, 0) is 101 Å². The summed E-state index contributed by atoms with van der Waals surface area (Å²) in [6, 6.07) is -2.42. The topological polar surface area (TPSA) is 145 Å². The number of ketones is 1. The first-order chi connectivity index (χ1) is 23.3. The number of aldehydes is 1. The molecule has 0 aromatic heterocycles. The summed E-state index contributed by atoms with van der Waals surface area (Å²) in [7, 11) is 0. The van der Waals surface area contributed by atoms with E-state index in [1.54, 1.807) is 4.90 Å². The largest absolute Gasteiger partial charge is 0.345 e. The Bertz CT molecular complexity index is 1330. The maximum absolute atomic E-state index is 14.1. The second kappa shape index (κ2) is 13.7. The third-order valence-corrected chi connectivity index (χ3v) is 14.6. The summed E-state index contributed by atoms with van der Waals surface area (Å²) >= 11 is 0. The predicted octanol–water partition coefficient (Wildman–Crippen LogP) is 3.28. The minimum absolute atomic E-state index is 0.00976. The van der Waals surface area contributed by atoms with Crippen molar-refractivity contribution < 1.29 is 28.8 Å². The smallest absolute Gasteiger partial charge is 0.243 e. The molecule has 272 valence electrons. The molecule has 4 atom stereocenters. The van der Waals surface area contributed by atoms with Gasteiger partial charge >= 0.3 is 0 Å². The fourth-order valence-electron chi connectivity index (χ4n) is 10.7. The van der Waals surface area contributed by atoms with E-state index < -0.39 is 35.4 Å². The van der Waals surface area contributed by atoms with E-state index >= 15 is 0 Å². The molecule has 0 aromatic rings. The lowest BCUT2D eigenvalue weighted by Crippen LogP contribution is -2.60. The van der Waals surface area contributed by atoms with Gasteiger partial charge in [0.15, 0.2) is 6.29 Å². The van der Waals surface area contributed by atoms with E-state index in [4.69, 9.17) is 0 Å². The van der Waals surface area contributed by atoms with Crippen LogP contribution in [-0.2, 0) is 28.8 Å². The second-order valence-corrected chi connectivity index (χ2v) is 17.3. The van der Waals surface area contributed by atoms with E-state index in [1.807, 2.05) is 13.8 Å². The van der Waals surface area contributed by atoms with Gasteiger partial charge in [-0.1, -0.05) is 58.8 Å². The molecule has 6 fully saturated rings. The van der Waals surface area contributed by atoms with Crippen LogP contribution in [0.5, 0.6) is 0 Å². The van der Waals surface area contributed by atoms with Crippen LogP contribution in [0.2, 0.25) is 0 Å². The summed E-state index contributed by atoms with van der Waals surface area (Å²) in [4.78, 5) is 83.5. The molecule has 0 bridgehead atoms. The highest BCUT2D eigenvalue weighted by molar-refractivity contribution is 6.28. The summed E-state index contributed by atoms with van der Waals surface area (Å²) in [6.07, 6.45) is 14.4. The van der Waals surface area contributed by atoms with Gasteiger partial charge in [-0.2, -0.15) is 0 Å². The molecular weight excluding hydrogens is 622 g/mol. The summed E-state index contributed by atoms with van der Waals surface area (Å²) < 4.78 is 0. The van der Waals surface area contributed by atoms with Crippen molar-refractivity contribution >= 4 is 35.7 Å². The molecule has 0 aromatic carbocycles. The molecule has 11 heteroatoms. The molecule has 6 rings (SSSR count). The summed E-state index contributed by atoms with van der Waals surface area (Å²) in [5, 5.41) is 8.87. The van der Waals surface area contributed by atoms with Crippen LogP contribution in [0.1, 0.15) is 124 Å². The van der Waals surface area contributed by atoms with Crippen molar-refractivity contribution in [3.8, 4) is 0 Å². The molecular formula is C38H59N5O6. The highest BCUT2D eigenvalue weighted by atomic mass is 16.2. The Kier molecular flexibility index (Phi) is 10.1. The SMILES string of the molecule is CC(C)(C(=O)N[C@H](C(=O)NCC(=O)N1C[C@]2(C[C@H]1C(=O)NC(CC1CCC1)C(=O)C=O)C(C)(C)C21CCC1)C1CCCCC1)N1CCCC1. The Labute approximate surface area is 291 Å². The van der Waals surface area contributed by atoms with Crippen LogP contribution in [0.15, 0.2) is 0 Å². The minimum Gasteiger partial charge on any atom is -0.345 e. The van der Waals surface area contributed by atoms with E-state index in [0.717, 1.165) is 96.6 Å². The number of nitrogens with zero attached hydrogens (tertiary/aromatic N) is 2. The molecule has 2 saturated heterocycles. The standard InChI is InChI=1S/C38H59N5O6/c1-35(2,42-18-8-9-19-42)34(49)41-31(26-14-6-5-7-15-26)33(48)39-22-30(46)43-24-38(36(3,4)37(38)16-11-17-37)21-28(43)32(47)40-27(29(45)23-44)20-25-12-10-13-25/h23,25-28,31H,5-22,24H2,1-4H3,(H,39,48)(H,40,47)(H,41,49)/t27?,28-,31-,38+/m0/s1. The lowest BCUT2D eigenvalue weighted by Gasteiger charge is -2.37. The van der Waals surface area contributed by atoms with Gasteiger partial charge in [0.1, 0.15) is 12.1 Å². The molecule has 4 saturated carbocycles. The van der Waals surface area contributed by atoms with Crippen LogP contribution in [0.25, 0.3) is 0 Å². The average molecular weight is 682 g/mol. The average Bonchev–Trinajstić information content (AvgIpc) is 3.55. The number of fused-ring (bicyclic) bond motifs is 1. The highest BCUT2D eigenvalue weighted by Gasteiger charge is 2.85. The molecule has 4 amide bonds. The van der Waals surface area contributed by atoms with Crippen LogP contribution in [0, 0.1) is 28.1 Å². The molecule has 11 nitrogen and oxygen atoms in total. The van der Waals surface area contributed by atoms with Crippen LogP contribution in [-0.4, -0.2) is 95.3 Å². The first-order valence-electron chi connectivity index (χ1n) is 19.2. The zero-order valence-electron chi connectivity index (χ0n) is 30.2. The van der Waals surface area contributed by atoms with Gasteiger partial charge in [-0.25, -0.2) is 0 Å². The number of hydrogen-bond donors (Lipinski definition) is 3. The number of rotatable bonds is 13. The lowest BCUT2D eigenvalue weighted by molar-refractivity contribution is -0.141. The van der Waals surface area contributed by atoms with Crippen LogP contribution >= 0.6 is 0 Å². The number of Topliss-reactive ketones (excluding diaryl/α,β-unsaturated/α-hetero) is 1.